The van der Waals surface area contributed by atoms with Gasteiger partial charge in [-0.15, -0.1) is 11.3 Å². The minimum absolute atomic E-state index is 0.224. The van der Waals surface area contributed by atoms with Crippen LogP contribution in [0.3, 0.4) is 0 Å². The van der Waals surface area contributed by atoms with E-state index in [1.807, 2.05) is 48.5 Å². The fourth-order valence-corrected chi connectivity index (χ4v) is 4.06. The van der Waals surface area contributed by atoms with Gasteiger partial charge in [0.15, 0.2) is 0 Å². The number of nitrogens with one attached hydrogen (secondary N) is 1. The lowest BCUT2D eigenvalue weighted by Crippen LogP contribution is -2.54. The molecular weight excluding hydrogens is 403 g/mol. The molecule has 7 heteroatoms. The molecule has 0 saturated heterocycles. The Hall–Kier alpha value is -1.57. The molecule has 0 heterocycles. The zero-order valence-corrected chi connectivity index (χ0v) is 20.1. The Labute approximate surface area is 184 Å². The van der Waals surface area contributed by atoms with Crippen LogP contribution in [-0.4, -0.2) is 38.0 Å². The lowest BCUT2D eigenvalue weighted by molar-refractivity contribution is 0.0838. The van der Waals surface area contributed by atoms with E-state index in [0.29, 0.717) is 12.8 Å². The summed E-state index contributed by atoms with van der Waals surface area (Å²) in [5, 5.41) is 9.83. The van der Waals surface area contributed by atoms with E-state index in [0.717, 1.165) is 5.56 Å². The molecule has 170 valence electrons. The van der Waals surface area contributed by atoms with Crippen molar-refractivity contribution in [2.75, 3.05) is 6.54 Å². The number of nitrogens with zero attached hydrogens (tertiary/aromatic N) is 1. The summed E-state index contributed by atoms with van der Waals surface area (Å²) in [7, 11) is 0. The molecule has 0 saturated carbocycles. The molecule has 3 atom stereocenters. The van der Waals surface area contributed by atoms with Gasteiger partial charge in [-0.3, -0.25) is 0 Å². The molecule has 30 heavy (non-hydrogen) atoms. The summed E-state index contributed by atoms with van der Waals surface area (Å²) in [5.41, 5.74) is -0.342. The van der Waals surface area contributed by atoms with Crippen molar-refractivity contribution in [3.63, 3.8) is 0 Å². The van der Waals surface area contributed by atoms with Crippen molar-refractivity contribution in [3.8, 4) is 0 Å². The smallest absolute Gasteiger partial charge is 0.407 e. The van der Waals surface area contributed by atoms with Gasteiger partial charge in [0.2, 0.25) is 0 Å². The van der Waals surface area contributed by atoms with Crippen LogP contribution in [0.2, 0.25) is 0 Å². The number of rotatable bonds is 9. The zero-order valence-electron chi connectivity index (χ0n) is 19.3. The fraction of sp³-hybridized carbons (Fsp3) is 0.609. The van der Waals surface area contributed by atoms with E-state index >= 15 is 0 Å². The van der Waals surface area contributed by atoms with Gasteiger partial charge in [-0.2, -0.15) is 0 Å². The van der Waals surface area contributed by atoms with Crippen molar-refractivity contribution in [3.05, 3.63) is 48.3 Å². The van der Waals surface area contributed by atoms with Gasteiger partial charge in [-0.05, 0) is 63.6 Å². The Morgan fingerprint density at radius 2 is 1.80 bits per heavy atom. The van der Waals surface area contributed by atoms with E-state index < -0.39 is 27.7 Å². The van der Waals surface area contributed by atoms with Crippen molar-refractivity contribution in [1.82, 2.24) is 9.62 Å². The molecule has 0 aromatic heterocycles. The second-order valence-corrected chi connectivity index (χ2v) is 11.8. The predicted octanol–water partition coefficient (Wildman–Crippen LogP) is 5.45. The summed E-state index contributed by atoms with van der Waals surface area (Å²) in [4.78, 5) is 13.4. The molecule has 0 unspecified atom stereocenters. The van der Waals surface area contributed by atoms with E-state index in [1.165, 1.54) is 17.0 Å². The molecule has 5 nitrogen and oxygen atoms in total. The van der Waals surface area contributed by atoms with Crippen molar-refractivity contribution in [1.29, 1.82) is 0 Å². The number of carboxylic acid groups (broad SMARTS) is 1. The highest BCUT2D eigenvalue weighted by Gasteiger charge is 2.41. The molecule has 0 radical (unpaired) electrons. The van der Waals surface area contributed by atoms with E-state index in [4.69, 9.17) is 0 Å². The van der Waals surface area contributed by atoms with Gasteiger partial charge in [0.1, 0.15) is 10.6 Å². The highest BCUT2D eigenvalue weighted by atomic mass is 32.2. The van der Waals surface area contributed by atoms with Gasteiger partial charge in [0.25, 0.3) is 0 Å². The van der Waals surface area contributed by atoms with Crippen molar-refractivity contribution in [2.24, 2.45) is 5.41 Å². The molecule has 0 aliphatic heterocycles. The van der Waals surface area contributed by atoms with Crippen LogP contribution in [0.15, 0.2) is 36.9 Å². The Morgan fingerprint density at radius 1 is 1.27 bits per heavy atom. The lowest BCUT2D eigenvalue weighted by atomic mass is 9.83. The van der Waals surface area contributed by atoms with Crippen LogP contribution in [0.5, 0.6) is 0 Å². The van der Waals surface area contributed by atoms with Crippen LogP contribution in [0.4, 0.5) is 9.18 Å². The number of amides is 1. The topological polar surface area (TPSA) is 75.6 Å². The first-order valence-corrected chi connectivity index (χ1v) is 11.4. The van der Waals surface area contributed by atoms with Crippen LogP contribution in [0.25, 0.3) is 0 Å². The third kappa shape index (κ3) is 7.00. The summed E-state index contributed by atoms with van der Waals surface area (Å²) >= 11 is -1.42. The molecule has 0 aliphatic carbocycles. The fourth-order valence-electron chi connectivity index (χ4n) is 3.10. The number of benzene rings is 1. The number of hydrogen-bond acceptors (Lipinski definition) is 3. The SMILES string of the molecule is C=CC[C@](CCN(C(=O)O)[C@@H](C)C(C)(C)C)(N[S@+]([O-])C(C)(C)C)c1ccc(F)cc1. The van der Waals surface area contributed by atoms with Crippen molar-refractivity contribution >= 4 is 17.5 Å². The first-order chi connectivity index (χ1) is 13.6. The number of hydrogen-bond donors (Lipinski definition) is 2. The summed E-state index contributed by atoms with van der Waals surface area (Å²) in [5.74, 6) is -0.364. The summed E-state index contributed by atoms with van der Waals surface area (Å²) < 4.78 is 29.3. The van der Waals surface area contributed by atoms with E-state index in [1.54, 1.807) is 18.2 Å². The average molecular weight is 441 g/mol. The van der Waals surface area contributed by atoms with Gasteiger partial charge in [-0.1, -0.05) is 39.0 Å². The molecule has 2 N–H and O–H groups in total. The van der Waals surface area contributed by atoms with Gasteiger partial charge in [0.05, 0.1) is 5.54 Å². The average Bonchev–Trinajstić information content (AvgIpc) is 2.60. The Morgan fingerprint density at radius 3 is 2.20 bits per heavy atom. The Bertz CT molecular complexity index is 713. The van der Waals surface area contributed by atoms with E-state index in [9.17, 15) is 18.8 Å². The van der Waals surface area contributed by atoms with Gasteiger partial charge >= 0.3 is 6.09 Å². The van der Waals surface area contributed by atoms with Crippen molar-refractivity contribution in [2.45, 2.75) is 77.6 Å². The lowest BCUT2D eigenvalue weighted by Gasteiger charge is -2.41. The van der Waals surface area contributed by atoms with Crippen LogP contribution < -0.4 is 4.72 Å². The molecule has 1 aromatic carbocycles. The minimum atomic E-state index is -1.42. The monoisotopic (exact) mass is 440 g/mol. The molecule has 0 bridgehead atoms. The highest BCUT2D eigenvalue weighted by Crippen LogP contribution is 2.34. The molecule has 1 rings (SSSR count). The molecule has 1 aromatic rings. The largest absolute Gasteiger partial charge is 0.598 e. The second-order valence-electron chi connectivity index (χ2n) is 9.83. The summed E-state index contributed by atoms with van der Waals surface area (Å²) in [6, 6.07) is 5.81. The van der Waals surface area contributed by atoms with Gasteiger partial charge < -0.3 is 14.6 Å². The second kappa shape index (κ2) is 10.2. The van der Waals surface area contributed by atoms with Gasteiger partial charge in [-0.25, -0.2) is 9.18 Å². The quantitative estimate of drug-likeness (QED) is 0.395. The first-order valence-electron chi connectivity index (χ1n) is 10.2. The van der Waals surface area contributed by atoms with Crippen LogP contribution in [-0.2, 0) is 16.9 Å². The molecule has 0 aliphatic rings. The Kier molecular flexibility index (Phi) is 8.96. The minimum Gasteiger partial charge on any atom is -0.598 e. The molecule has 1 amide bonds. The standard InChI is InChI=1S/C23H37FN2O3S/c1-9-14-23(25-30(29)22(6,7)8,18-10-12-19(24)13-11-18)15-16-26(20(27)28)17(2)21(3,4)5/h9-13,17,25H,1,14-16H2,2-8H3,(H,27,28)/t17-,23+,30+/m0/s1. The maximum absolute atomic E-state index is 13.6. The predicted molar refractivity (Wildman–Crippen MR) is 122 cm³/mol. The molecule has 0 spiro atoms. The Balaban J connectivity index is 3.38. The van der Waals surface area contributed by atoms with Gasteiger partial charge in [0, 0.05) is 23.9 Å². The zero-order chi connectivity index (χ0) is 23.3. The number of carbonyl (C=O) groups is 1. The third-order valence-corrected chi connectivity index (χ3v) is 7.17. The van der Waals surface area contributed by atoms with E-state index in [-0.39, 0.29) is 23.8 Å². The maximum atomic E-state index is 13.6. The normalized spacial score (nSPS) is 16.4. The summed E-state index contributed by atoms with van der Waals surface area (Å²) in [6.07, 6.45) is 1.49. The highest BCUT2D eigenvalue weighted by molar-refractivity contribution is 7.90. The molecular formula is C23H37FN2O3S. The third-order valence-electron chi connectivity index (χ3n) is 5.48. The molecule has 0 fully saturated rings. The van der Waals surface area contributed by atoms with Crippen LogP contribution in [0, 0.1) is 11.2 Å². The van der Waals surface area contributed by atoms with E-state index in [2.05, 4.69) is 11.3 Å². The van der Waals surface area contributed by atoms with Crippen LogP contribution in [0.1, 0.15) is 66.9 Å². The van der Waals surface area contributed by atoms with Crippen LogP contribution >= 0.6 is 0 Å². The first kappa shape index (κ1) is 26.5. The van der Waals surface area contributed by atoms with Crippen molar-refractivity contribution < 1.29 is 18.8 Å². The summed E-state index contributed by atoms with van der Waals surface area (Å²) in [6.45, 7) is 17.6. The number of halogens is 1. The maximum Gasteiger partial charge on any atom is 0.407 e.